The van der Waals surface area contributed by atoms with Gasteiger partial charge in [0.2, 0.25) is 0 Å². The van der Waals surface area contributed by atoms with Gasteiger partial charge in [-0.25, -0.2) is 33.0 Å². The Labute approximate surface area is 171 Å². The Morgan fingerprint density at radius 2 is 1.81 bits per heavy atom. The molecule has 0 radical (unpaired) electrons. The standard InChI is InChI=1S/C10H15FN5O12P3/c11-5-7(17)4(1-25-30(21,22)28-31(23,24)27-29(18,19)20)26-10(5)16-3-15-6-8(12)13-2-14-9(6)16/h2-5,7,10,17H,1H2,(H,21,22)(H,23,24)(H2,12,13,14)(H2,18,19,20)/t4-,5+,7-,10-/m1/s1. The maximum Gasteiger partial charge on any atom is 0.490 e. The Balaban J connectivity index is 1.69. The van der Waals surface area contributed by atoms with E-state index in [1.165, 1.54) is 0 Å². The molecule has 0 saturated carbocycles. The van der Waals surface area contributed by atoms with Crippen LogP contribution in [0.3, 0.4) is 0 Å². The van der Waals surface area contributed by atoms with E-state index < -0.39 is 54.7 Å². The molecule has 6 atom stereocenters. The molecule has 0 spiro atoms. The lowest BCUT2D eigenvalue weighted by Gasteiger charge is -2.19. The quantitative estimate of drug-likeness (QED) is 0.241. The highest BCUT2D eigenvalue weighted by Gasteiger charge is 2.48. The molecule has 1 aliphatic rings. The first-order chi connectivity index (χ1) is 14.2. The number of phosphoric ester groups is 1. The molecule has 174 valence electrons. The third-order valence-electron chi connectivity index (χ3n) is 3.77. The zero-order chi connectivity index (χ0) is 23.2. The second kappa shape index (κ2) is 8.51. The molecule has 17 nitrogen and oxygen atoms in total. The SMILES string of the molecule is Nc1ncnc2c1ncn2[C@@H]1O[C@H](COP(=O)(O)OP(=O)(O)OP(=O)(O)O)[C@@H](O)[C@@H]1F. The summed E-state index contributed by atoms with van der Waals surface area (Å²) in [6.07, 6.45) is -4.88. The molecule has 0 bridgehead atoms. The molecule has 0 aliphatic carbocycles. The van der Waals surface area contributed by atoms with Gasteiger partial charge in [0.15, 0.2) is 23.9 Å². The lowest BCUT2D eigenvalue weighted by Crippen LogP contribution is -2.31. The van der Waals surface area contributed by atoms with Crippen molar-refractivity contribution < 1.29 is 60.6 Å². The molecular weight excluding hydrogens is 494 g/mol. The van der Waals surface area contributed by atoms with Gasteiger partial charge in [0, 0.05) is 0 Å². The summed E-state index contributed by atoms with van der Waals surface area (Å²) in [4.78, 5) is 47.0. The monoisotopic (exact) mass is 509 g/mol. The van der Waals surface area contributed by atoms with Gasteiger partial charge < -0.3 is 35.2 Å². The first kappa shape index (κ1) is 24.3. The van der Waals surface area contributed by atoms with E-state index in [1.54, 1.807) is 0 Å². The number of nitrogens with two attached hydrogens (primary N) is 1. The fourth-order valence-corrected chi connectivity index (χ4v) is 5.62. The van der Waals surface area contributed by atoms with Crippen LogP contribution in [-0.4, -0.2) is 69.2 Å². The molecular formula is C10H15FN5O12P3. The van der Waals surface area contributed by atoms with Crippen molar-refractivity contribution >= 4 is 40.4 Å². The number of aliphatic hydroxyl groups is 1. The lowest BCUT2D eigenvalue weighted by molar-refractivity contribution is -0.0450. The fourth-order valence-electron chi connectivity index (χ4n) is 2.59. The minimum absolute atomic E-state index is 0.00177. The van der Waals surface area contributed by atoms with Crippen molar-refractivity contribution in [3.05, 3.63) is 12.7 Å². The van der Waals surface area contributed by atoms with Crippen LogP contribution in [0.15, 0.2) is 12.7 Å². The molecule has 1 fully saturated rings. The molecule has 1 aliphatic heterocycles. The van der Waals surface area contributed by atoms with Crippen LogP contribution in [0, 0.1) is 0 Å². The summed E-state index contributed by atoms with van der Waals surface area (Å²) in [7, 11) is -16.8. The lowest BCUT2D eigenvalue weighted by atomic mass is 10.1. The third kappa shape index (κ3) is 5.70. The molecule has 21 heteroatoms. The van der Waals surface area contributed by atoms with Gasteiger partial charge in [-0.3, -0.25) is 9.09 Å². The summed E-state index contributed by atoms with van der Waals surface area (Å²) in [6.45, 7) is -1.04. The van der Waals surface area contributed by atoms with E-state index >= 15 is 0 Å². The van der Waals surface area contributed by atoms with Crippen molar-refractivity contribution in [3.63, 3.8) is 0 Å². The molecule has 2 aromatic heterocycles. The van der Waals surface area contributed by atoms with Gasteiger partial charge in [-0.2, -0.15) is 8.62 Å². The average Bonchev–Trinajstić information content (AvgIpc) is 3.13. The zero-order valence-electron chi connectivity index (χ0n) is 14.9. The Hall–Kier alpha value is -1.39. The summed E-state index contributed by atoms with van der Waals surface area (Å²) in [5.74, 6) is 0.00177. The highest BCUT2D eigenvalue weighted by atomic mass is 31.3. The summed E-state index contributed by atoms with van der Waals surface area (Å²) in [5, 5.41) is 10.0. The minimum atomic E-state index is -5.73. The molecule has 7 N–H and O–H groups in total. The zero-order valence-corrected chi connectivity index (χ0v) is 17.5. The summed E-state index contributed by atoms with van der Waals surface area (Å²) in [6, 6.07) is 0. The smallest absolute Gasteiger partial charge is 0.387 e. The number of hydrogen-bond donors (Lipinski definition) is 6. The molecule has 3 heterocycles. The van der Waals surface area contributed by atoms with Gasteiger partial charge in [0.05, 0.1) is 12.9 Å². The number of aromatic nitrogens is 4. The first-order valence-electron chi connectivity index (χ1n) is 7.88. The predicted molar refractivity (Wildman–Crippen MR) is 94.4 cm³/mol. The van der Waals surface area contributed by atoms with Crippen LogP contribution in [-0.2, 0) is 31.6 Å². The van der Waals surface area contributed by atoms with Gasteiger partial charge in [0.1, 0.15) is 24.1 Å². The molecule has 1 saturated heterocycles. The molecule has 31 heavy (non-hydrogen) atoms. The Kier molecular flexibility index (Phi) is 6.66. The topological polar surface area (TPSA) is 259 Å². The summed E-state index contributed by atoms with van der Waals surface area (Å²) >= 11 is 0. The van der Waals surface area contributed by atoms with E-state index in [9.17, 15) is 28.1 Å². The van der Waals surface area contributed by atoms with E-state index in [4.69, 9.17) is 25.2 Å². The average molecular weight is 509 g/mol. The van der Waals surface area contributed by atoms with Gasteiger partial charge in [-0.15, -0.1) is 0 Å². The maximum atomic E-state index is 14.6. The van der Waals surface area contributed by atoms with Gasteiger partial charge in [0.25, 0.3) is 0 Å². The van der Waals surface area contributed by atoms with E-state index in [0.717, 1.165) is 17.2 Å². The number of alkyl halides is 1. The minimum Gasteiger partial charge on any atom is -0.387 e. The number of aliphatic hydroxyl groups excluding tert-OH is 1. The van der Waals surface area contributed by atoms with Crippen LogP contribution >= 0.6 is 23.5 Å². The number of anilines is 1. The predicted octanol–water partition coefficient (Wildman–Crippen LogP) is -0.652. The van der Waals surface area contributed by atoms with Gasteiger partial charge in [-0.1, -0.05) is 0 Å². The molecule has 0 aromatic carbocycles. The van der Waals surface area contributed by atoms with Crippen molar-refractivity contribution in [1.82, 2.24) is 19.5 Å². The Morgan fingerprint density at radius 3 is 2.45 bits per heavy atom. The number of fused-ring (bicyclic) bond motifs is 1. The largest absolute Gasteiger partial charge is 0.490 e. The van der Waals surface area contributed by atoms with Crippen LogP contribution in [0.1, 0.15) is 6.23 Å². The number of rotatable bonds is 8. The number of hydrogen-bond acceptors (Lipinski definition) is 12. The fraction of sp³-hybridized carbons (Fsp3) is 0.500. The third-order valence-corrected chi connectivity index (χ3v) is 7.58. The van der Waals surface area contributed by atoms with Crippen molar-refractivity contribution in [2.75, 3.05) is 12.3 Å². The summed E-state index contributed by atoms with van der Waals surface area (Å²) < 4.78 is 66.1. The molecule has 2 aromatic rings. The molecule has 0 amide bonds. The highest BCUT2D eigenvalue weighted by molar-refractivity contribution is 7.66. The normalized spacial score (nSPS) is 28.5. The molecule has 3 rings (SSSR count). The van der Waals surface area contributed by atoms with Crippen molar-refractivity contribution in [2.45, 2.75) is 24.6 Å². The maximum absolute atomic E-state index is 14.6. The van der Waals surface area contributed by atoms with Gasteiger partial charge in [-0.05, 0) is 0 Å². The molecule has 2 unspecified atom stereocenters. The van der Waals surface area contributed by atoms with E-state index in [1.807, 2.05) is 0 Å². The van der Waals surface area contributed by atoms with Crippen LogP contribution in [0.5, 0.6) is 0 Å². The summed E-state index contributed by atoms with van der Waals surface area (Å²) in [5.41, 5.74) is 5.84. The van der Waals surface area contributed by atoms with Crippen LogP contribution in [0.25, 0.3) is 11.2 Å². The second-order valence-corrected chi connectivity index (χ2v) is 10.4. The number of nitrogens with zero attached hydrogens (tertiary/aromatic N) is 4. The van der Waals surface area contributed by atoms with Gasteiger partial charge >= 0.3 is 23.5 Å². The van der Waals surface area contributed by atoms with Crippen molar-refractivity contribution in [2.24, 2.45) is 0 Å². The Morgan fingerprint density at radius 1 is 1.13 bits per heavy atom. The van der Waals surface area contributed by atoms with Crippen molar-refractivity contribution in [1.29, 1.82) is 0 Å². The van der Waals surface area contributed by atoms with E-state index in [0.29, 0.717) is 0 Å². The van der Waals surface area contributed by atoms with E-state index in [-0.39, 0.29) is 17.0 Å². The number of imidazole rings is 1. The first-order valence-corrected chi connectivity index (χ1v) is 12.4. The van der Waals surface area contributed by atoms with Crippen LogP contribution in [0.4, 0.5) is 10.2 Å². The number of phosphoric acid groups is 3. The Bertz CT molecular complexity index is 1110. The highest BCUT2D eigenvalue weighted by Crippen LogP contribution is 2.66. The van der Waals surface area contributed by atoms with Crippen molar-refractivity contribution in [3.8, 4) is 0 Å². The van der Waals surface area contributed by atoms with E-state index in [2.05, 4.69) is 28.1 Å². The second-order valence-electron chi connectivity index (χ2n) is 5.97. The number of halogens is 1. The van der Waals surface area contributed by atoms with Crippen LogP contribution < -0.4 is 5.73 Å². The number of nitrogen functional groups attached to an aromatic ring is 1. The number of ether oxygens (including phenoxy) is 1. The van der Waals surface area contributed by atoms with Crippen LogP contribution in [0.2, 0.25) is 0 Å².